The van der Waals surface area contributed by atoms with Crippen LogP contribution in [-0.2, 0) is 9.53 Å². The molecule has 2 N–H and O–H groups in total. The molecule has 0 radical (unpaired) electrons. The number of hydrogen-bond donors (Lipinski definition) is 2. The molecule has 36 heavy (non-hydrogen) atoms. The maximum Gasteiger partial charge on any atom is 0.333 e. The fraction of sp³-hybridized carbons (Fsp3) is 0.148. The predicted octanol–water partition coefficient (Wildman–Crippen LogP) is 5.75. The van der Waals surface area contributed by atoms with Gasteiger partial charge < -0.3 is 15.4 Å². The van der Waals surface area contributed by atoms with Crippen molar-refractivity contribution < 1.29 is 27.9 Å². The molecule has 3 rings (SSSR count). The number of esters is 1. The van der Waals surface area contributed by atoms with Gasteiger partial charge in [0, 0.05) is 34.0 Å². The van der Waals surface area contributed by atoms with E-state index in [1.807, 2.05) is 0 Å². The molecule has 0 aliphatic heterocycles. The number of halogens is 3. The Balaban J connectivity index is 1.73. The van der Waals surface area contributed by atoms with Crippen molar-refractivity contribution in [2.45, 2.75) is 13.8 Å². The molecule has 0 unspecified atom stereocenters. The second-order valence-corrected chi connectivity index (χ2v) is 8.38. The highest BCUT2D eigenvalue weighted by molar-refractivity contribution is 6.35. The Morgan fingerprint density at radius 2 is 1.75 bits per heavy atom. The highest BCUT2D eigenvalue weighted by atomic mass is 35.5. The summed E-state index contributed by atoms with van der Waals surface area (Å²) < 4.78 is 32.0. The molecule has 0 saturated heterocycles. The summed E-state index contributed by atoms with van der Waals surface area (Å²) in [5.41, 5.74) is 2.07. The van der Waals surface area contributed by atoms with E-state index >= 15 is 0 Å². The Morgan fingerprint density at radius 3 is 2.42 bits per heavy atom. The van der Waals surface area contributed by atoms with Gasteiger partial charge in [-0.2, -0.15) is 0 Å². The molecule has 186 valence electrons. The average Bonchev–Trinajstić information content (AvgIpc) is 2.83. The van der Waals surface area contributed by atoms with Gasteiger partial charge in [0.15, 0.2) is 5.78 Å². The van der Waals surface area contributed by atoms with Gasteiger partial charge in [0.25, 0.3) is 5.91 Å². The van der Waals surface area contributed by atoms with Crippen LogP contribution in [0.3, 0.4) is 0 Å². The Labute approximate surface area is 211 Å². The smallest absolute Gasteiger partial charge is 0.333 e. The number of anilines is 2. The van der Waals surface area contributed by atoms with Gasteiger partial charge in [0.2, 0.25) is 0 Å². The fourth-order valence-electron chi connectivity index (χ4n) is 3.21. The van der Waals surface area contributed by atoms with Gasteiger partial charge in [0.05, 0.1) is 17.3 Å². The third-order valence-electron chi connectivity index (χ3n) is 5.14. The minimum atomic E-state index is -0.772. The first-order chi connectivity index (χ1) is 17.1. The maximum atomic E-state index is 13.9. The molecule has 3 aromatic carbocycles. The minimum Gasteiger partial charge on any atom is -0.460 e. The molecule has 0 spiro atoms. The summed E-state index contributed by atoms with van der Waals surface area (Å²) in [6, 6.07) is 12.3. The van der Waals surface area contributed by atoms with E-state index in [2.05, 4.69) is 17.2 Å². The van der Waals surface area contributed by atoms with Crippen molar-refractivity contribution in [1.82, 2.24) is 5.32 Å². The van der Waals surface area contributed by atoms with Gasteiger partial charge in [-0.05, 0) is 61.9 Å². The van der Waals surface area contributed by atoms with Gasteiger partial charge in [0.1, 0.15) is 18.2 Å². The number of rotatable bonds is 9. The van der Waals surface area contributed by atoms with Crippen LogP contribution in [0.15, 0.2) is 66.7 Å². The van der Waals surface area contributed by atoms with E-state index in [9.17, 15) is 23.2 Å². The largest absolute Gasteiger partial charge is 0.460 e. The van der Waals surface area contributed by atoms with Crippen LogP contribution in [-0.4, -0.2) is 30.8 Å². The van der Waals surface area contributed by atoms with Crippen molar-refractivity contribution in [3.63, 3.8) is 0 Å². The Bertz CT molecular complexity index is 1360. The first-order valence-electron chi connectivity index (χ1n) is 10.8. The summed E-state index contributed by atoms with van der Waals surface area (Å²) in [7, 11) is 0. The average molecular weight is 513 g/mol. The van der Waals surface area contributed by atoms with Gasteiger partial charge >= 0.3 is 5.97 Å². The van der Waals surface area contributed by atoms with E-state index < -0.39 is 29.3 Å². The Morgan fingerprint density at radius 1 is 1.00 bits per heavy atom. The van der Waals surface area contributed by atoms with E-state index in [1.54, 1.807) is 25.1 Å². The molecule has 3 aromatic rings. The zero-order chi connectivity index (χ0) is 26.4. The zero-order valence-corrected chi connectivity index (χ0v) is 20.3. The molecule has 1 amide bonds. The van der Waals surface area contributed by atoms with Gasteiger partial charge in [-0.25, -0.2) is 13.6 Å². The standard InChI is InChI=1S/C27H23ClF2N2O4/c1-15(2)27(35)36-11-10-31-26(34)17-5-4-16(3)21(12-17)25(33)20-8-7-19(14-22(20)28)32-24-9-6-18(29)13-23(24)30/h4-9,12-14,32H,1,10-11H2,2-3H3,(H,31,34). The number of amides is 1. The number of benzene rings is 3. The molecule has 0 fully saturated rings. The van der Waals surface area contributed by atoms with Crippen molar-refractivity contribution in [2.75, 3.05) is 18.5 Å². The van der Waals surface area contributed by atoms with Crippen LogP contribution in [0.1, 0.15) is 38.8 Å². The SMILES string of the molecule is C=C(C)C(=O)OCCNC(=O)c1ccc(C)c(C(=O)c2ccc(Nc3ccc(F)cc3F)cc2Cl)c1. The summed E-state index contributed by atoms with van der Waals surface area (Å²) in [6.07, 6.45) is 0. The molecule has 6 nitrogen and oxygen atoms in total. The second kappa shape index (κ2) is 11.6. The molecule has 0 saturated carbocycles. The van der Waals surface area contributed by atoms with Crippen molar-refractivity contribution in [1.29, 1.82) is 0 Å². The first kappa shape index (κ1) is 26.6. The van der Waals surface area contributed by atoms with Crippen LogP contribution in [0.2, 0.25) is 5.02 Å². The first-order valence-corrected chi connectivity index (χ1v) is 11.2. The van der Waals surface area contributed by atoms with Crippen molar-refractivity contribution >= 4 is 40.6 Å². The normalized spacial score (nSPS) is 10.5. The van der Waals surface area contributed by atoms with Crippen LogP contribution in [0.5, 0.6) is 0 Å². The summed E-state index contributed by atoms with van der Waals surface area (Å²) in [4.78, 5) is 37.1. The maximum absolute atomic E-state index is 13.9. The predicted molar refractivity (Wildman–Crippen MR) is 134 cm³/mol. The van der Waals surface area contributed by atoms with Crippen molar-refractivity contribution in [3.05, 3.63) is 106 Å². The molecule has 0 aliphatic carbocycles. The number of ether oxygens (including phenoxy) is 1. The quantitative estimate of drug-likeness (QED) is 0.165. The Hall–Kier alpha value is -4.04. The molecular formula is C27H23ClF2N2O4. The molecule has 0 heterocycles. The monoisotopic (exact) mass is 512 g/mol. The summed E-state index contributed by atoms with van der Waals surface area (Å²) >= 11 is 6.35. The highest BCUT2D eigenvalue weighted by Gasteiger charge is 2.18. The summed E-state index contributed by atoms with van der Waals surface area (Å²) in [5, 5.41) is 5.53. The number of nitrogens with one attached hydrogen (secondary N) is 2. The second-order valence-electron chi connectivity index (χ2n) is 7.97. The van der Waals surface area contributed by atoms with Crippen LogP contribution < -0.4 is 10.6 Å². The van der Waals surface area contributed by atoms with Gasteiger partial charge in [-0.1, -0.05) is 24.2 Å². The molecular weight excluding hydrogens is 490 g/mol. The van der Waals surface area contributed by atoms with Gasteiger partial charge in [-0.3, -0.25) is 9.59 Å². The topological polar surface area (TPSA) is 84.5 Å². The Kier molecular flexibility index (Phi) is 8.55. The third kappa shape index (κ3) is 6.55. The van der Waals surface area contributed by atoms with Crippen LogP contribution in [0.25, 0.3) is 0 Å². The van der Waals surface area contributed by atoms with E-state index in [0.29, 0.717) is 11.3 Å². The number of carbonyl (C=O) groups is 3. The number of carbonyl (C=O) groups excluding carboxylic acids is 3. The molecule has 0 bridgehead atoms. The molecule has 0 aliphatic rings. The lowest BCUT2D eigenvalue weighted by molar-refractivity contribution is -0.138. The minimum absolute atomic E-state index is 0.0209. The third-order valence-corrected chi connectivity index (χ3v) is 5.45. The highest BCUT2D eigenvalue weighted by Crippen LogP contribution is 2.28. The number of aryl methyl sites for hydroxylation is 1. The lowest BCUT2D eigenvalue weighted by Crippen LogP contribution is -2.28. The van der Waals surface area contributed by atoms with E-state index in [1.165, 1.54) is 31.2 Å². The van der Waals surface area contributed by atoms with E-state index in [4.69, 9.17) is 16.3 Å². The fourth-order valence-corrected chi connectivity index (χ4v) is 3.48. The van der Waals surface area contributed by atoms with Crippen LogP contribution in [0.4, 0.5) is 20.2 Å². The zero-order valence-electron chi connectivity index (χ0n) is 19.6. The lowest BCUT2D eigenvalue weighted by atomic mass is 9.96. The van der Waals surface area contributed by atoms with Gasteiger partial charge in [-0.15, -0.1) is 0 Å². The van der Waals surface area contributed by atoms with Crippen molar-refractivity contribution in [2.24, 2.45) is 0 Å². The molecule has 0 atom stereocenters. The van der Waals surface area contributed by atoms with Crippen LogP contribution in [0, 0.1) is 18.6 Å². The van der Waals surface area contributed by atoms with E-state index in [-0.39, 0.29) is 46.1 Å². The van der Waals surface area contributed by atoms with Crippen LogP contribution >= 0.6 is 11.6 Å². The summed E-state index contributed by atoms with van der Waals surface area (Å²) in [6.45, 7) is 6.79. The lowest BCUT2D eigenvalue weighted by Gasteiger charge is -2.12. The number of ketones is 1. The van der Waals surface area contributed by atoms with E-state index in [0.717, 1.165) is 12.1 Å². The summed E-state index contributed by atoms with van der Waals surface area (Å²) in [5.74, 6) is -2.86. The number of hydrogen-bond acceptors (Lipinski definition) is 5. The molecule has 9 heteroatoms. The van der Waals surface area contributed by atoms with Crippen molar-refractivity contribution in [3.8, 4) is 0 Å². The molecule has 0 aromatic heterocycles.